The van der Waals surface area contributed by atoms with Crippen molar-refractivity contribution in [1.29, 1.82) is 0 Å². The van der Waals surface area contributed by atoms with Crippen molar-refractivity contribution in [3.05, 3.63) is 23.8 Å². The van der Waals surface area contributed by atoms with Crippen LogP contribution in [0.25, 0.3) is 0 Å². The van der Waals surface area contributed by atoms with Gasteiger partial charge in [0.05, 0.1) is 0 Å². The number of benzene rings is 1. The minimum Gasteiger partial charge on any atom is -0.300 e. The van der Waals surface area contributed by atoms with E-state index in [9.17, 15) is 4.79 Å². The summed E-state index contributed by atoms with van der Waals surface area (Å²) >= 11 is 3.40. The van der Waals surface area contributed by atoms with Crippen LogP contribution in [0.15, 0.2) is 28.0 Å². The van der Waals surface area contributed by atoms with Crippen molar-refractivity contribution >= 4 is 29.3 Å². The number of thioether (sulfide) groups is 2. The molecule has 0 spiro atoms. The SMILES string of the molecule is CSc1cccc(SC)c1CC(C)=O. The fourth-order valence-electron chi connectivity index (χ4n) is 1.35. The van der Waals surface area contributed by atoms with E-state index in [1.807, 2.05) is 18.6 Å². The van der Waals surface area contributed by atoms with E-state index in [4.69, 9.17) is 0 Å². The quantitative estimate of drug-likeness (QED) is 0.734. The highest BCUT2D eigenvalue weighted by atomic mass is 32.2. The van der Waals surface area contributed by atoms with Crippen LogP contribution in [0.4, 0.5) is 0 Å². The Morgan fingerprint density at radius 3 is 2.07 bits per heavy atom. The molecule has 14 heavy (non-hydrogen) atoms. The summed E-state index contributed by atoms with van der Waals surface area (Å²) in [6, 6.07) is 6.19. The molecular formula is C11H14OS2. The van der Waals surface area contributed by atoms with E-state index in [2.05, 4.69) is 12.1 Å². The lowest BCUT2D eigenvalue weighted by Gasteiger charge is -2.09. The Morgan fingerprint density at radius 1 is 1.21 bits per heavy atom. The number of carbonyl (C=O) groups is 1. The molecule has 0 atom stereocenters. The molecule has 0 fully saturated rings. The van der Waals surface area contributed by atoms with Gasteiger partial charge in [-0.1, -0.05) is 6.07 Å². The highest BCUT2D eigenvalue weighted by molar-refractivity contribution is 7.99. The Bertz CT molecular complexity index is 312. The predicted molar refractivity (Wildman–Crippen MR) is 64.4 cm³/mol. The van der Waals surface area contributed by atoms with Gasteiger partial charge in [-0.3, -0.25) is 4.79 Å². The first-order valence-electron chi connectivity index (χ1n) is 4.38. The molecule has 0 aliphatic rings. The minimum absolute atomic E-state index is 0.224. The molecule has 76 valence electrons. The van der Waals surface area contributed by atoms with Crippen LogP contribution < -0.4 is 0 Å². The van der Waals surface area contributed by atoms with Gasteiger partial charge in [0, 0.05) is 16.2 Å². The van der Waals surface area contributed by atoms with Gasteiger partial charge < -0.3 is 0 Å². The zero-order valence-corrected chi connectivity index (χ0v) is 10.3. The van der Waals surface area contributed by atoms with Crippen molar-refractivity contribution in [1.82, 2.24) is 0 Å². The zero-order chi connectivity index (χ0) is 10.6. The number of Topliss-reactive ketones (excluding diaryl/α,β-unsaturated/α-hetero) is 1. The first-order chi connectivity index (χ1) is 6.69. The average Bonchev–Trinajstić information content (AvgIpc) is 2.17. The molecule has 1 nitrogen and oxygen atoms in total. The van der Waals surface area contributed by atoms with Crippen molar-refractivity contribution in [2.24, 2.45) is 0 Å². The molecule has 0 bridgehead atoms. The van der Waals surface area contributed by atoms with E-state index < -0.39 is 0 Å². The number of ketones is 1. The summed E-state index contributed by atoms with van der Waals surface area (Å²) in [5.74, 6) is 0.224. The number of rotatable bonds is 4. The fourth-order valence-corrected chi connectivity index (χ4v) is 2.70. The van der Waals surface area contributed by atoms with Crippen molar-refractivity contribution in [3.63, 3.8) is 0 Å². The van der Waals surface area contributed by atoms with E-state index in [-0.39, 0.29) is 5.78 Å². The number of carbonyl (C=O) groups excluding carboxylic acids is 1. The monoisotopic (exact) mass is 226 g/mol. The molecule has 0 unspecified atom stereocenters. The third-order valence-electron chi connectivity index (χ3n) is 1.96. The molecule has 1 aromatic rings. The second-order valence-corrected chi connectivity index (χ2v) is 4.72. The van der Waals surface area contributed by atoms with Gasteiger partial charge in [0.2, 0.25) is 0 Å². The van der Waals surface area contributed by atoms with Crippen LogP contribution in [-0.2, 0) is 11.2 Å². The molecular weight excluding hydrogens is 212 g/mol. The second-order valence-electron chi connectivity index (χ2n) is 3.02. The largest absolute Gasteiger partial charge is 0.300 e. The van der Waals surface area contributed by atoms with Crippen molar-refractivity contribution in [2.45, 2.75) is 23.1 Å². The molecule has 0 heterocycles. The summed E-state index contributed by atoms with van der Waals surface area (Å²) in [5.41, 5.74) is 1.18. The van der Waals surface area contributed by atoms with Crippen molar-refractivity contribution < 1.29 is 4.79 Å². The van der Waals surface area contributed by atoms with Crippen LogP contribution in [0.3, 0.4) is 0 Å². The van der Waals surface area contributed by atoms with Crippen molar-refractivity contribution in [2.75, 3.05) is 12.5 Å². The lowest BCUT2D eigenvalue weighted by atomic mass is 10.1. The Labute approximate surface area is 93.7 Å². The standard InChI is InChI=1S/C11H14OS2/c1-8(12)7-9-10(13-2)5-4-6-11(9)14-3/h4-6H,7H2,1-3H3. The lowest BCUT2D eigenvalue weighted by Crippen LogP contribution is -1.99. The fraction of sp³-hybridized carbons (Fsp3) is 0.364. The molecule has 0 aliphatic carbocycles. The Balaban J connectivity index is 3.12. The Hall–Kier alpha value is -0.410. The molecule has 3 heteroatoms. The summed E-state index contributed by atoms with van der Waals surface area (Å²) < 4.78 is 0. The van der Waals surface area contributed by atoms with Crippen LogP contribution in [0.1, 0.15) is 12.5 Å². The predicted octanol–water partition coefficient (Wildman–Crippen LogP) is 3.26. The van der Waals surface area contributed by atoms with Crippen LogP contribution in [0.5, 0.6) is 0 Å². The van der Waals surface area contributed by atoms with E-state index in [0.29, 0.717) is 6.42 Å². The third-order valence-corrected chi connectivity index (χ3v) is 3.60. The van der Waals surface area contributed by atoms with Gasteiger partial charge in [-0.25, -0.2) is 0 Å². The molecule has 0 aliphatic heterocycles. The summed E-state index contributed by atoms with van der Waals surface area (Å²) in [6.45, 7) is 1.64. The van der Waals surface area contributed by atoms with Gasteiger partial charge in [0.1, 0.15) is 5.78 Å². The minimum atomic E-state index is 0.224. The molecule has 1 aromatic carbocycles. The first kappa shape index (κ1) is 11.7. The lowest BCUT2D eigenvalue weighted by molar-refractivity contribution is -0.116. The van der Waals surface area contributed by atoms with Crippen molar-refractivity contribution in [3.8, 4) is 0 Å². The molecule has 0 saturated carbocycles. The summed E-state index contributed by atoms with van der Waals surface area (Å²) in [7, 11) is 0. The Kier molecular flexibility index (Phi) is 4.55. The molecule has 0 saturated heterocycles. The summed E-state index contributed by atoms with van der Waals surface area (Å²) in [5, 5.41) is 0. The summed E-state index contributed by atoms with van der Waals surface area (Å²) in [4.78, 5) is 13.6. The second kappa shape index (κ2) is 5.47. The summed E-state index contributed by atoms with van der Waals surface area (Å²) in [6.07, 6.45) is 4.64. The van der Waals surface area contributed by atoms with Gasteiger partial charge in [0.25, 0.3) is 0 Å². The molecule has 0 N–H and O–H groups in total. The highest BCUT2D eigenvalue weighted by Crippen LogP contribution is 2.29. The van der Waals surface area contributed by atoms with Gasteiger partial charge in [0.15, 0.2) is 0 Å². The average molecular weight is 226 g/mol. The first-order valence-corrected chi connectivity index (χ1v) is 6.83. The number of hydrogen-bond donors (Lipinski definition) is 0. The number of hydrogen-bond acceptors (Lipinski definition) is 3. The topological polar surface area (TPSA) is 17.1 Å². The molecule has 1 rings (SSSR count). The molecule has 0 radical (unpaired) electrons. The maximum absolute atomic E-state index is 11.1. The maximum Gasteiger partial charge on any atom is 0.134 e. The van der Waals surface area contributed by atoms with Gasteiger partial charge in [-0.05, 0) is 37.1 Å². The van der Waals surface area contributed by atoms with E-state index >= 15 is 0 Å². The molecule has 0 aromatic heterocycles. The Morgan fingerprint density at radius 2 is 1.71 bits per heavy atom. The van der Waals surface area contributed by atoms with E-state index in [1.54, 1.807) is 30.4 Å². The highest BCUT2D eigenvalue weighted by Gasteiger charge is 2.08. The van der Waals surface area contributed by atoms with Crippen LogP contribution >= 0.6 is 23.5 Å². The third kappa shape index (κ3) is 2.79. The van der Waals surface area contributed by atoms with Crippen LogP contribution in [0.2, 0.25) is 0 Å². The van der Waals surface area contributed by atoms with Gasteiger partial charge in [-0.2, -0.15) is 0 Å². The van der Waals surface area contributed by atoms with Crippen LogP contribution in [-0.4, -0.2) is 18.3 Å². The maximum atomic E-state index is 11.1. The zero-order valence-electron chi connectivity index (χ0n) is 8.66. The van der Waals surface area contributed by atoms with Crippen LogP contribution in [0, 0.1) is 0 Å². The van der Waals surface area contributed by atoms with E-state index in [1.165, 1.54) is 15.4 Å². The molecule has 0 amide bonds. The van der Waals surface area contributed by atoms with E-state index in [0.717, 1.165) is 0 Å². The van der Waals surface area contributed by atoms with Gasteiger partial charge >= 0.3 is 0 Å². The smallest absolute Gasteiger partial charge is 0.134 e. The normalized spacial score (nSPS) is 10.2. The van der Waals surface area contributed by atoms with Gasteiger partial charge in [-0.15, -0.1) is 23.5 Å².